The van der Waals surface area contributed by atoms with Crippen molar-refractivity contribution in [2.24, 2.45) is 0 Å². The van der Waals surface area contributed by atoms with Gasteiger partial charge < -0.3 is 4.42 Å². The Morgan fingerprint density at radius 1 is 0.321 bits per heavy atom. The minimum Gasteiger partial charge on any atom is -0.456 e. The molecule has 4 nitrogen and oxygen atoms in total. The highest BCUT2D eigenvalue weighted by Crippen LogP contribution is 2.44. The number of furan rings is 1. The van der Waals surface area contributed by atoms with Crippen LogP contribution in [0.4, 0.5) is 0 Å². The molecule has 0 spiro atoms. The number of aromatic nitrogens is 3. The summed E-state index contributed by atoms with van der Waals surface area (Å²) in [5.41, 5.74) is 11.4. The van der Waals surface area contributed by atoms with Crippen LogP contribution in [-0.2, 0) is 0 Å². The van der Waals surface area contributed by atoms with Crippen LogP contribution >= 0.6 is 0 Å². The minimum atomic E-state index is 0.624. The second-order valence-electron chi connectivity index (χ2n) is 13.2. The van der Waals surface area contributed by atoms with E-state index in [0.29, 0.717) is 17.5 Å². The third-order valence-electron chi connectivity index (χ3n) is 9.92. The van der Waals surface area contributed by atoms with Crippen LogP contribution in [0.5, 0.6) is 0 Å². The summed E-state index contributed by atoms with van der Waals surface area (Å²) >= 11 is 0. The molecule has 0 aliphatic rings. The largest absolute Gasteiger partial charge is 0.456 e. The molecule has 10 aromatic rings. The van der Waals surface area contributed by atoms with Crippen LogP contribution in [0, 0.1) is 0 Å². The maximum Gasteiger partial charge on any atom is 0.164 e. The van der Waals surface area contributed by atoms with Crippen molar-refractivity contribution in [3.8, 4) is 67.5 Å². The van der Waals surface area contributed by atoms with Gasteiger partial charge in [0.1, 0.15) is 11.2 Å². The lowest BCUT2D eigenvalue weighted by molar-refractivity contribution is 0.669. The van der Waals surface area contributed by atoms with Crippen molar-refractivity contribution in [3.05, 3.63) is 188 Å². The first kappa shape index (κ1) is 30.6. The average Bonchev–Trinajstić information content (AvgIpc) is 3.60. The zero-order valence-corrected chi connectivity index (χ0v) is 28.6. The van der Waals surface area contributed by atoms with Crippen LogP contribution in [0.2, 0.25) is 0 Å². The third kappa shape index (κ3) is 5.63. The Morgan fingerprint density at radius 3 is 1.43 bits per heavy atom. The molecular weight excluding hydrogens is 647 g/mol. The average molecular weight is 678 g/mol. The van der Waals surface area contributed by atoms with Gasteiger partial charge in [0.15, 0.2) is 17.5 Å². The standard InChI is InChI=1S/C49H31N3O/c1-4-13-32(14-5-1)37-21-12-22-40(29-37)41-27-28-43-46(42-30-38-19-10-11-20-39(38)31-44(42)53-43)45(41)33-23-25-36(26-24-33)49-51-47(34-15-6-2-7-16-34)50-48(52-49)35-17-8-3-9-18-35/h1-31H. The van der Waals surface area contributed by atoms with Gasteiger partial charge in [-0.05, 0) is 62.9 Å². The van der Waals surface area contributed by atoms with Gasteiger partial charge in [0.2, 0.25) is 0 Å². The zero-order valence-electron chi connectivity index (χ0n) is 28.6. The van der Waals surface area contributed by atoms with Crippen molar-refractivity contribution in [3.63, 3.8) is 0 Å². The first-order valence-corrected chi connectivity index (χ1v) is 17.8. The van der Waals surface area contributed by atoms with Crippen LogP contribution in [0.15, 0.2) is 192 Å². The number of hydrogen-bond acceptors (Lipinski definition) is 4. The highest BCUT2D eigenvalue weighted by molar-refractivity contribution is 6.18. The Bertz CT molecular complexity index is 2860. The molecule has 248 valence electrons. The summed E-state index contributed by atoms with van der Waals surface area (Å²) in [5, 5.41) is 4.52. The van der Waals surface area contributed by atoms with E-state index in [1.54, 1.807) is 0 Å². The minimum absolute atomic E-state index is 0.624. The molecule has 0 saturated heterocycles. The lowest BCUT2D eigenvalue weighted by atomic mass is 9.89. The highest BCUT2D eigenvalue weighted by Gasteiger charge is 2.20. The fourth-order valence-corrected chi connectivity index (χ4v) is 7.31. The number of hydrogen-bond donors (Lipinski definition) is 0. The molecule has 0 saturated carbocycles. The first-order chi connectivity index (χ1) is 26.2. The van der Waals surface area contributed by atoms with E-state index in [2.05, 4.69) is 127 Å². The Labute approximate surface area is 306 Å². The van der Waals surface area contributed by atoms with Gasteiger partial charge in [-0.25, -0.2) is 15.0 Å². The predicted molar refractivity (Wildman–Crippen MR) is 217 cm³/mol. The molecule has 0 fully saturated rings. The fraction of sp³-hybridized carbons (Fsp3) is 0. The van der Waals surface area contributed by atoms with E-state index < -0.39 is 0 Å². The van der Waals surface area contributed by atoms with E-state index in [4.69, 9.17) is 19.4 Å². The molecule has 0 bridgehead atoms. The van der Waals surface area contributed by atoms with Gasteiger partial charge in [-0.15, -0.1) is 0 Å². The van der Waals surface area contributed by atoms with E-state index in [-0.39, 0.29) is 0 Å². The Kier molecular flexibility index (Phi) is 7.43. The van der Waals surface area contributed by atoms with Crippen molar-refractivity contribution in [1.29, 1.82) is 0 Å². The van der Waals surface area contributed by atoms with E-state index >= 15 is 0 Å². The smallest absolute Gasteiger partial charge is 0.164 e. The summed E-state index contributed by atoms with van der Waals surface area (Å²) in [6.07, 6.45) is 0. The maximum absolute atomic E-state index is 6.58. The lowest BCUT2D eigenvalue weighted by Gasteiger charge is -2.14. The van der Waals surface area contributed by atoms with Crippen LogP contribution in [0.25, 0.3) is 100 Å². The normalized spacial score (nSPS) is 11.4. The number of rotatable bonds is 6. The van der Waals surface area contributed by atoms with Crippen molar-refractivity contribution in [2.75, 3.05) is 0 Å². The number of fused-ring (bicyclic) bond motifs is 4. The molecule has 8 aromatic carbocycles. The Hall–Kier alpha value is -7.17. The summed E-state index contributed by atoms with van der Waals surface area (Å²) in [4.78, 5) is 14.8. The molecule has 0 aliphatic heterocycles. The second-order valence-corrected chi connectivity index (χ2v) is 13.2. The van der Waals surface area contributed by atoms with E-state index in [9.17, 15) is 0 Å². The summed E-state index contributed by atoms with van der Waals surface area (Å²) in [6.45, 7) is 0. The molecule has 53 heavy (non-hydrogen) atoms. The molecule has 0 amide bonds. The van der Waals surface area contributed by atoms with Gasteiger partial charge in [-0.1, -0.05) is 164 Å². The Balaban J connectivity index is 1.17. The van der Waals surface area contributed by atoms with Crippen molar-refractivity contribution >= 4 is 32.7 Å². The quantitative estimate of drug-likeness (QED) is 0.176. The van der Waals surface area contributed by atoms with Gasteiger partial charge in [0, 0.05) is 33.0 Å². The third-order valence-corrected chi connectivity index (χ3v) is 9.92. The molecule has 0 N–H and O–H groups in total. The van der Waals surface area contributed by atoms with E-state index in [1.165, 1.54) is 16.5 Å². The van der Waals surface area contributed by atoms with Gasteiger partial charge >= 0.3 is 0 Å². The second kappa shape index (κ2) is 12.9. The van der Waals surface area contributed by atoms with Gasteiger partial charge in [-0.3, -0.25) is 0 Å². The van der Waals surface area contributed by atoms with Gasteiger partial charge in [-0.2, -0.15) is 0 Å². The highest BCUT2D eigenvalue weighted by atomic mass is 16.3. The molecule has 0 atom stereocenters. The number of nitrogens with zero attached hydrogens (tertiary/aromatic N) is 3. The molecule has 0 radical (unpaired) electrons. The predicted octanol–water partition coefficient (Wildman–Crippen LogP) is 12.9. The zero-order chi connectivity index (χ0) is 35.1. The summed E-state index contributed by atoms with van der Waals surface area (Å²) in [7, 11) is 0. The Morgan fingerprint density at radius 2 is 0.811 bits per heavy atom. The van der Waals surface area contributed by atoms with Crippen molar-refractivity contribution in [2.45, 2.75) is 0 Å². The molecule has 0 unspecified atom stereocenters. The molecule has 10 rings (SSSR count). The SMILES string of the molecule is c1ccc(-c2cccc(-c3ccc4oc5cc6ccccc6cc5c4c3-c3ccc(-c4nc(-c5ccccc5)nc(-c5ccccc5)n4)cc3)c2)cc1. The summed E-state index contributed by atoms with van der Waals surface area (Å²) in [6, 6.07) is 65.3. The monoisotopic (exact) mass is 677 g/mol. The summed E-state index contributed by atoms with van der Waals surface area (Å²) in [5.74, 6) is 1.90. The topological polar surface area (TPSA) is 51.8 Å². The van der Waals surface area contributed by atoms with E-state index in [0.717, 1.165) is 66.3 Å². The lowest BCUT2D eigenvalue weighted by Crippen LogP contribution is -2.00. The number of benzene rings is 8. The van der Waals surface area contributed by atoms with Gasteiger partial charge in [0.05, 0.1) is 0 Å². The van der Waals surface area contributed by atoms with Crippen LogP contribution in [0.1, 0.15) is 0 Å². The van der Waals surface area contributed by atoms with Crippen LogP contribution in [0.3, 0.4) is 0 Å². The van der Waals surface area contributed by atoms with Gasteiger partial charge in [0.25, 0.3) is 0 Å². The molecule has 0 aliphatic carbocycles. The maximum atomic E-state index is 6.58. The molecule has 2 heterocycles. The van der Waals surface area contributed by atoms with Crippen LogP contribution in [-0.4, -0.2) is 15.0 Å². The van der Waals surface area contributed by atoms with Crippen molar-refractivity contribution < 1.29 is 4.42 Å². The fourth-order valence-electron chi connectivity index (χ4n) is 7.31. The van der Waals surface area contributed by atoms with Crippen LogP contribution < -0.4 is 0 Å². The first-order valence-electron chi connectivity index (χ1n) is 17.8. The molecule has 2 aromatic heterocycles. The summed E-state index contributed by atoms with van der Waals surface area (Å²) < 4.78 is 6.58. The molecule has 4 heteroatoms. The molecular formula is C49H31N3O. The van der Waals surface area contributed by atoms with Crippen molar-refractivity contribution in [1.82, 2.24) is 15.0 Å². The van der Waals surface area contributed by atoms with E-state index in [1.807, 2.05) is 60.7 Å².